The molecule has 7 heteroatoms. The molecule has 1 unspecified atom stereocenters. The first-order valence-corrected chi connectivity index (χ1v) is 7.28. The number of carbonyl (C=O) groups is 1. The third-order valence-electron chi connectivity index (χ3n) is 2.78. The van der Waals surface area contributed by atoms with Crippen LogP contribution in [-0.2, 0) is 14.8 Å². The van der Waals surface area contributed by atoms with Crippen molar-refractivity contribution in [2.75, 3.05) is 12.4 Å². The molecule has 0 fully saturated rings. The summed E-state index contributed by atoms with van der Waals surface area (Å²) in [7, 11) is -2.01. The van der Waals surface area contributed by atoms with Gasteiger partial charge in [-0.1, -0.05) is 0 Å². The summed E-state index contributed by atoms with van der Waals surface area (Å²) in [4.78, 5) is 11.1. The van der Waals surface area contributed by atoms with Crippen LogP contribution in [0, 0.1) is 13.8 Å². The van der Waals surface area contributed by atoms with E-state index in [-0.39, 0.29) is 4.90 Å². The van der Waals surface area contributed by atoms with Crippen molar-refractivity contribution in [2.45, 2.75) is 31.7 Å². The minimum absolute atomic E-state index is 0.180. The maximum atomic E-state index is 12.2. The molecule has 0 spiro atoms. The van der Waals surface area contributed by atoms with E-state index in [0.29, 0.717) is 11.1 Å². The largest absolute Gasteiger partial charge is 0.388 e. The Balaban J connectivity index is 3.26. The zero-order chi connectivity index (χ0) is 14.8. The Bertz CT molecular complexity index is 573. The van der Waals surface area contributed by atoms with Gasteiger partial charge in [-0.15, -0.1) is 0 Å². The molecule has 6 nitrogen and oxygen atoms in total. The molecule has 1 aromatic rings. The Kier molecular flexibility index (Phi) is 4.54. The summed E-state index contributed by atoms with van der Waals surface area (Å²) in [6.45, 7) is 4.82. The molecule has 106 valence electrons. The summed E-state index contributed by atoms with van der Waals surface area (Å²) in [6, 6.07) is 2.51. The number of primary amides is 1. The summed E-state index contributed by atoms with van der Waals surface area (Å²) in [5, 5.41) is 2.96. The minimum atomic E-state index is -3.77. The highest BCUT2D eigenvalue weighted by Gasteiger charge is 2.24. The number of aryl methyl sites for hydroxylation is 2. The minimum Gasteiger partial charge on any atom is -0.388 e. The number of sulfonamides is 1. The monoisotopic (exact) mass is 285 g/mol. The molecule has 19 heavy (non-hydrogen) atoms. The number of nitrogens with one attached hydrogen (secondary N) is 2. The SMILES string of the molecule is CNc1cc(C)c(S(=O)(=O)NC(C)C(N)=O)c(C)c1. The lowest BCUT2D eigenvalue weighted by Crippen LogP contribution is -2.42. The Morgan fingerprint density at radius 2 is 1.74 bits per heavy atom. The average molecular weight is 285 g/mol. The van der Waals surface area contributed by atoms with Crippen molar-refractivity contribution in [1.29, 1.82) is 0 Å². The predicted octanol–water partition coefficient (Wildman–Crippen LogP) is 0.497. The molecule has 1 aromatic carbocycles. The van der Waals surface area contributed by atoms with Crippen LogP contribution >= 0.6 is 0 Å². The van der Waals surface area contributed by atoms with E-state index in [4.69, 9.17) is 5.73 Å². The molecule has 0 heterocycles. The number of carbonyl (C=O) groups excluding carboxylic acids is 1. The third kappa shape index (κ3) is 3.45. The highest BCUT2D eigenvalue weighted by atomic mass is 32.2. The number of rotatable bonds is 5. The van der Waals surface area contributed by atoms with Gasteiger partial charge in [0.1, 0.15) is 0 Å². The topological polar surface area (TPSA) is 101 Å². The van der Waals surface area contributed by atoms with Crippen molar-refractivity contribution in [3.8, 4) is 0 Å². The van der Waals surface area contributed by atoms with E-state index in [0.717, 1.165) is 5.69 Å². The highest BCUT2D eigenvalue weighted by Crippen LogP contribution is 2.24. The number of hydrogen-bond donors (Lipinski definition) is 3. The number of hydrogen-bond acceptors (Lipinski definition) is 4. The van der Waals surface area contributed by atoms with E-state index < -0.39 is 22.0 Å². The maximum Gasteiger partial charge on any atom is 0.241 e. The van der Waals surface area contributed by atoms with Crippen molar-refractivity contribution < 1.29 is 13.2 Å². The molecule has 0 saturated heterocycles. The molecule has 1 rings (SSSR count). The normalized spacial score (nSPS) is 13.1. The Morgan fingerprint density at radius 1 is 1.26 bits per heavy atom. The summed E-state index contributed by atoms with van der Waals surface area (Å²) in [5.74, 6) is -0.717. The van der Waals surface area contributed by atoms with Gasteiger partial charge < -0.3 is 11.1 Å². The van der Waals surface area contributed by atoms with Crippen LogP contribution in [-0.4, -0.2) is 27.4 Å². The van der Waals surface area contributed by atoms with E-state index in [2.05, 4.69) is 10.0 Å². The lowest BCUT2D eigenvalue weighted by Gasteiger charge is -2.16. The first-order valence-electron chi connectivity index (χ1n) is 5.79. The van der Waals surface area contributed by atoms with Crippen LogP contribution in [0.3, 0.4) is 0 Å². The van der Waals surface area contributed by atoms with Crippen molar-refractivity contribution >= 4 is 21.6 Å². The number of benzene rings is 1. The molecule has 0 aromatic heterocycles. The van der Waals surface area contributed by atoms with Gasteiger partial charge in [0.2, 0.25) is 15.9 Å². The van der Waals surface area contributed by atoms with E-state index in [9.17, 15) is 13.2 Å². The molecule has 0 saturated carbocycles. The molecule has 0 radical (unpaired) electrons. The van der Waals surface area contributed by atoms with E-state index in [1.807, 2.05) is 0 Å². The quantitative estimate of drug-likeness (QED) is 0.733. The van der Waals surface area contributed by atoms with Crippen molar-refractivity contribution in [1.82, 2.24) is 4.72 Å². The fraction of sp³-hybridized carbons (Fsp3) is 0.417. The van der Waals surface area contributed by atoms with Crippen LogP contribution in [0.5, 0.6) is 0 Å². The van der Waals surface area contributed by atoms with Gasteiger partial charge in [0.25, 0.3) is 0 Å². The van der Waals surface area contributed by atoms with Gasteiger partial charge in [0.05, 0.1) is 10.9 Å². The van der Waals surface area contributed by atoms with Gasteiger partial charge in [0.15, 0.2) is 0 Å². The molecular weight excluding hydrogens is 266 g/mol. The molecule has 1 atom stereocenters. The second kappa shape index (κ2) is 5.58. The molecule has 0 bridgehead atoms. The van der Waals surface area contributed by atoms with Gasteiger partial charge in [-0.25, -0.2) is 8.42 Å². The van der Waals surface area contributed by atoms with Crippen LogP contribution < -0.4 is 15.8 Å². The second-order valence-electron chi connectivity index (χ2n) is 4.43. The molecular formula is C12H19N3O3S. The lowest BCUT2D eigenvalue weighted by atomic mass is 10.1. The molecule has 1 amide bonds. The summed E-state index contributed by atoms with van der Waals surface area (Å²) >= 11 is 0. The Hall–Kier alpha value is -1.60. The van der Waals surface area contributed by atoms with Crippen molar-refractivity contribution in [2.24, 2.45) is 5.73 Å². The first kappa shape index (κ1) is 15.5. The van der Waals surface area contributed by atoms with Gasteiger partial charge in [-0.3, -0.25) is 4.79 Å². The molecule has 4 N–H and O–H groups in total. The maximum absolute atomic E-state index is 12.2. The van der Waals surface area contributed by atoms with Crippen LogP contribution in [0.15, 0.2) is 17.0 Å². The van der Waals surface area contributed by atoms with Crippen LogP contribution in [0.1, 0.15) is 18.1 Å². The lowest BCUT2D eigenvalue weighted by molar-refractivity contribution is -0.119. The second-order valence-corrected chi connectivity index (χ2v) is 6.09. The Morgan fingerprint density at radius 3 is 2.11 bits per heavy atom. The molecule has 0 aliphatic heterocycles. The van der Waals surface area contributed by atoms with Crippen LogP contribution in [0.25, 0.3) is 0 Å². The van der Waals surface area contributed by atoms with Gasteiger partial charge in [0, 0.05) is 12.7 Å². The van der Waals surface area contributed by atoms with Crippen molar-refractivity contribution in [3.05, 3.63) is 23.3 Å². The van der Waals surface area contributed by atoms with Gasteiger partial charge in [-0.2, -0.15) is 4.72 Å². The molecule has 0 aliphatic rings. The number of anilines is 1. The van der Waals surface area contributed by atoms with Gasteiger partial charge in [-0.05, 0) is 44.0 Å². The van der Waals surface area contributed by atoms with E-state index >= 15 is 0 Å². The zero-order valence-corrected chi connectivity index (χ0v) is 12.3. The van der Waals surface area contributed by atoms with Crippen molar-refractivity contribution in [3.63, 3.8) is 0 Å². The standard InChI is InChI=1S/C12H19N3O3S/c1-7-5-10(14-4)6-8(2)11(7)19(17,18)15-9(3)12(13)16/h5-6,9,14-15H,1-4H3,(H2,13,16). The summed E-state index contributed by atoms with van der Waals surface area (Å²) in [5.41, 5.74) is 7.11. The average Bonchev–Trinajstić information content (AvgIpc) is 2.26. The van der Waals surface area contributed by atoms with E-state index in [1.54, 1.807) is 33.0 Å². The zero-order valence-electron chi connectivity index (χ0n) is 11.4. The summed E-state index contributed by atoms with van der Waals surface area (Å²) in [6.07, 6.45) is 0. The van der Waals surface area contributed by atoms with E-state index in [1.165, 1.54) is 6.92 Å². The molecule has 0 aliphatic carbocycles. The van der Waals surface area contributed by atoms with Gasteiger partial charge >= 0.3 is 0 Å². The predicted molar refractivity (Wildman–Crippen MR) is 74.4 cm³/mol. The number of amides is 1. The smallest absolute Gasteiger partial charge is 0.241 e. The fourth-order valence-corrected chi connectivity index (χ4v) is 3.53. The fourth-order valence-electron chi connectivity index (χ4n) is 1.87. The van der Waals surface area contributed by atoms with Crippen LogP contribution in [0.4, 0.5) is 5.69 Å². The van der Waals surface area contributed by atoms with Crippen LogP contribution in [0.2, 0.25) is 0 Å². The summed E-state index contributed by atoms with van der Waals surface area (Å²) < 4.78 is 26.8. The number of nitrogens with two attached hydrogens (primary N) is 1. The third-order valence-corrected chi connectivity index (χ3v) is 4.62. The highest BCUT2D eigenvalue weighted by molar-refractivity contribution is 7.89. The Labute approximate surface area is 113 Å². The first-order chi connectivity index (χ1) is 8.69.